The molecule has 8 heteroatoms. The fourth-order valence-corrected chi connectivity index (χ4v) is 4.58. The van der Waals surface area contributed by atoms with E-state index in [4.69, 9.17) is 0 Å². The highest BCUT2D eigenvalue weighted by molar-refractivity contribution is 6.12. The van der Waals surface area contributed by atoms with Crippen LogP contribution in [0.1, 0.15) is 39.0 Å². The lowest BCUT2D eigenvalue weighted by atomic mass is 9.90. The van der Waals surface area contributed by atoms with Crippen molar-refractivity contribution in [2.75, 3.05) is 18.0 Å². The number of carbonyl (C=O) groups is 3. The summed E-state index contributed by atoms with van der Waals surface area (Å²) in [6.45, 7) is 3.12. The van der Waals surface area contributed by atoms with E-state index in [0.717, 1.165) is 12.8 Å². The summed E-state index contributed by atoms with van der Waals surface area (Å²) in [5, 5.41) is 4.10. The van der Waals surface area contributed by atoms with Crippen LogP contribution in [0.2, 0.25) is 0 Å². The maximum Gasteiger partial charge on any atom is 0.328 e. The van der Waals surface area contributed by atoms with Crippen molar-refractivity contribution in [3.05, 3.63) is 12.4 Å². The second-order valence-corrected chi connectivity index (χ2v) is 7.16. The summed E-state index contributed by atoms with van der Waals surface area (Å²) >= 11 is 0. The van der Waals surface area contributed by atoms with Crippen molar-refractivity contribution in [2.45, 2.75) is 50.6 Å². The Balaban J connectivity index is 1.61. The van der Waals surface area contributed by atoms with E-state index < -0.39 is 11.6 Å². The molecule has 3 saturated heterocycles. The summed E-state index contributed by atoms with van der Waals surface area (Å²) in [5.74, 6) is -0.370. The van der Waals surface area contributed by atoms with Gasteiger partial charge < -0.3 is 9.80 Å². The normalized spacial score (nSPS) is 29.3. The minimum Gasteiger partial charge on any atom is -0.310 e. The molecule has 0 bridgehead atoms. The van der Waals surface area contributed by atoms with Crippen molar-refractivity contribution >= 4 is 23.5 Å². The number of fused-ring (bicyclic) bond motifs is 1. The number of aryl methyl sites for hydroxylation is 1. The number of hydrogen-bond donors (Lipinski definition) is 0. The quantitative estimate of drug-likeness (QED) is 0.766. The lowest BCUT2D eigenvalue weighted by Crippen LogP contribution is -2.48. The van der Waals surface area contributed by atoms with Crippen LogP contribution in [0, 0.1) is 0 Å². The minimum absolute atomic E-state index is 0.178. The van der Waals surface area contributed by atoms with Gasteiger partial charge in [-0.2, -0.15) is 5.10 Å². The molecule has 8 nitrogen and oxygen atoms in total. The number of aromatic nitrogens is 2. The number of anilines is 1. The third-order valence-corrected chi connectivity index (χ3v) is 5.70. The van der Waals surface area contributed by atoms with Crippen LogP contribution in [-0.4, -0.2) is 62.1 Å². The molecule has 4 heterocycles. The average Bonchev–Trinajstić information content (AvgIpc) is 3.30. The van der Waals surface area contributed by atoms with Crippen molar-refractivity contribution in [3.8, 4) is 0 Å². The molecule has 0 saturated carbocycles. The maximum atomic E-state index is 13.2. The SMILES string of the molecule is CCC[C@@]12CCCN1C(=O)N([C@H]1CCN(c3cnn(C)c3)C1=O)C2=O. The van der Waals surface area contributed by atoms with Gasteiger partial charge in [-0.25, -0.2) is 9.69 Å². The van der Waals surface area contributed by atoms with Gasteiger partial charge in [0.25, 0.3) is 11.8 Å². The number of amides is 4. The molecule has 2 atom stereocenters. The molecule has 0 aromatic carbocycles. The Morgan fingerprint density at radius 1 is 1.28 bits per heavy atom. The Hall–Kier alpha value is -2.38. The molecule has 3 aliphatic heterocycles. The smallest absolute Gasteiger partial charge is 0.310 e. The van der Waals surface area contributed by atoms with Gasteiger partial charge in [0.2, 0.25) is 0 Å². The summed E-state index contributed by atoms with van der Waals surface area (Å²) in [5.41, 5.74) is -0.00809. The molecular formula is C17H23N5O3. The van der Waals surface area contributed by atoms with Crippen LogP contribution < -0.4 is 4.90 Å². The molecular weight excluding hydrogens is 322 g/mol. The van der Waals surface area contributed by atoms with E-state index in [9.17, 15) is 14.4 Å². The van der Waals surface area contributed by atoms with Gasteiger partial charge in [0, 0.05) is 26.3 Å². The van der Waals surface area contributed by atoms with Crippen molar-refractivity contribution in [1.82, 2.24) is 19.6 Å². The largest absolute Gasteiger partial charge is 0.328 e. The maximum absolute atomic E-state index is 13.2. The zero-order valence-electron chi connectivity index (χ0n) is 14.6. The first-order chi connectivity index (χ1) is 12.0. The number of imide groups is 1. The Morgan fingerprint density at radius 2 is 2.08 bits per heavy atom. The van der Waals surface area contributed by atoms with E-state index in [1.807, 2.05) is 6.92 Å². The van der Waals surface area contributed by atoms with E-state index in [-0.39, 0.29) is 17.8 Å². The van der Waals surface area contributed by atoms with Crippen LogP contribution in [0.3, 0.4) is 0 Å². The second kappa shape index (κ2) is 5.57. The molecule has 4 rings (SSSR count). The summed E-state index contributed by atoms with van der Waals surface area (Å²) in [4.78, 5) is 43.5. The van der Waals surface area contributed by atoms with E-state index >= 15 is 0 Å². The van der Waals surface area contributed by atoms with Crippen LogP contribution in [0.5, 0.6) is 0 Å². The molecule has 25 heavy (non-hydrogen) atoms. The number of nitrogens with zero attached hydrogens (tertiary/aromatic N) is 5. The highest BCUT2D eigenvalue weighted by Crippen LogP contribution is 2.43. The Labute approximate surface area is 146 Å². The van der Waals surface area contributed by atoms with Crippen LogP contribution in [0.25, 0.3) is 0 Å². The lowest BCUT2D eigenvalue weighted by molar-refractivity contribution is -0.137. The molecule has 0 spiro atoms. The third kappa shape index (κ3) is 2.12. The second-order valence-electron chi connectivity index (χ2n) is 7.16. The van der Waals surface area contributed by atoms with Crippen LogP contribution >= 0.6 is 0 Å². The summed E-state index contributed by atoms with van der Waals surface area (Å²) in [6.07, 6.45) is 6.93. The van der Waals surface area contributed by atoms with Gasteiger partial charge in [-0.15, -0.1) is 0 Å². The molecule has 0 aliphatic carbocycles. The first-order valence-electron chi connectivity index (χ1n) is 8.95. The average molecular weight is 345 g/mol. The van der Waals surface area contributed by atoms with Crippen LogP contribution in [-0.2, 0) is 16.6 Å². The van der Waals surface area contributed by atoms with Crippen molar-refractivity contribution in [1.29, 1.82) is 0 Å². The van der Waals surface area contributed by atoms with Crippen molar-refractivity contribution in [2.24, 2.45) is 7.05 Å². The van der Waals surface area contributed by atoms with Gasteiger partial charge in [-0.05, 0) is 25.7 Å². The molecule has 0 N–H and O–H groups in total. The third-order valence-electron chi connectivity index (χ3n) is 5.70. The van der Waals surface area contributed by atoms with Crippen LogP contribution in [0.15, 0.2) is 12.4 Å². The molecule has 134 valence electrons. The minimum atomic E-state index is -0.714. The number of hydrogen-bond acceptors (Lipinski definition) is 4. The fraction of sp³-hybridized carbons (Fsp3) is 0.647. The zero-order chi connectivity index (χ0) is 17.8. The highest BCUT2D eigenvalue weighted by atomic mass is 16.2. The predicted octanol–water partition coefficient (Wildman–Crippen LogP) is 1.12. The highest BCUT2D eigenvalue weighted by Gasteiger charge is 2.61. The van der Waals surface area contributed by atoms with Crippen molar-refractivity contribution in [3.63, 3.8) is 0 Å². The molecule has 0 unspecified atom stereocenters. The van der Waals surface area contributed by atoms with E-state index in [0.29, 0.717) is 38.0 Å². The van der Waals surface area contributed by atoms with Gasteiger partial charge in [-0.1, -0.05) is 13.3 Å². The van der Waals surface area contributed by atoms with E-state index in [1.165, 1.54) is 4.90 Å². The van der Waals surface area contributed by atoms with Gasteiger partial charge in [-0.3, -0.25) is 14.3 Å². The van der Waals surface area contributed by atoms with Gasteiger partial charge >= 0.3 is 6.03 Å². The van der Waals surface area contributed by atoms with E-state index in [2.05, 4.69) is 5.10 Å². The first kappa shape index (κ1) is 16.1. The number of carbonyl (C=O) groups excluding carboxylic acids is 3. The zero-order valence-corrected chi connectivity index (χ0v) is 14.6. The van der Waals surface area contributed by atoms with Gasteiger partial charge in [0.05, 0.1) is 11.9 Å². The first-order valence-corrected chi connectivity index (χ1v) is 8.95. The summed E-state index contributed by atoms with van der Waals surface area (Å²) < 4.78 is 1.63. The molecule has 0 radical (unpaired) electrons. The fourth-order valence-electron chi connectivity index (χ4n) is 4.58. The Morgan fingerprint density at radius 3 is 2.76 bits per heavy atom. The van der Waals surface area contributed by atoms with E-state index in [1.54, 1.807) is 33.9 Å². The van der Waals surface area contributed by atoms with Crippen molar-refractivity contribution < 1.29 is 14.4 Å². The summed E-state index contributed by atoms with van der Waals surface area (Å²) in [7, 11) is 1.79. The Bertz CT molecular complexity index is 744. The van der Waals surface area contributed by atoms with Gasteiger partial charge in [0.15, 0.2) is 0 Å². The molecule has 4 amide bonds. The van der Waals surface area contributed by atoms with Crippen LogP contribution in [0.4, 0.5) is 10.5 Å². The standard InChI is InChI=1S/C17H23N5O3/c1-3-6-17-7-4-8-21(17)16(25)22(15(17)24)13-5-9-20(14(13)23)12-10-18-19(2)11-12/h10-11,13H,3-9H2,1-2H3/t13-,17-/m0/s1. The molecule has 3 fully saturated rings. The summed E-state index contributed by atoms with van der Waals surface area (Å²) in [6, 6.07) is -0.984. The Kier molecular flexibility index (Phi) is 3.59. The molecule has 1 aromatic heterocycles. The molecule has 3 aliphatic rings. The topological polar surface area (TPSA) is 78.8 Å². The number of urea groups is 1. The number of rotatable bonds is 4. The predicted molar refractivity (Wildman–Crippen MR) is 89.8 cm³/mol. The monoisotopic (exact) mass is 345 g/mol. The lowest BCUT2D eigenvalue weighted by Gasteiger charge is -2.27. The molecule has 1 aromatic rings. The van der Waals surface area contributed by atoms with Gasteiger partial charge in [0.1, 0.15) is 11.6 Å².